The Morgan fingerprint density at radius 2 is 1.47 bits per heavy atom. The van der Waals surface area contributed by atoms with E-state index in [2.05, 4.69) is 0 Å². The molecule has 0 aliphatic carbocycles. The van der Waals surface area contributed by atoms with E-state index >= 15 is 0 Å². The van der Waals surface area contributed by atoms with Gasteiger partial charge in [-0.2, -0.15) is 0 Å². The Labute approximate surface area is 175 Å². The molecule has 0 aliphatic rings. The lowest BCUT2D eigenvalue weighted by atomic mass is 10.1. The summed E-state index contributed by atoms with van der Waals surface area (Å²) in [5.41, 5.74) is 1.20. The molecule has 0 fully saturated rings. The highest BCUT2D eigenvalue weighted by molar-refractivity contribution is 5.96. The van der Waals surface area contributed by atoms with Crippen molar-refractivity contribution in [3.8, 4) is 5.75 Å². The van der Waals surface area contributed by atoms with Crippen LogP contribution in [-0.2, 0) is 25.5 Å². The van der Waals surface area contributed by atoms with Crippen LogP contribution < -0.4 is 4.74 Å². The van der Waals surface area contributed by atoms with Crippen LogP contribution in [0, 0.1) is 0 Å². The Balaban J connectivity index is 2.14. The fraction of sp³-hybridized carbons (Fsp3) is 0.318. The quantitative estimate of drug-likeness (QED) is 0.550. The number of amides is 1. The molecule has 0 aromatic heterocycles. The maximum atomic E-state index is 12.7. The van der Waals surface area contributed by atoms with Crippen LogP contribution in [0.5, 0.6) is 5.75 Å². The van der Waals surface area contributed by atoms with Gasteiger partial charge in [-0.25, -0.2) is 9.59 Å². The number of methoxy groups -OCH3 is 3. The highest BCUT2D eigenvalue weighted by atomic mass is 16.5. The van der Waals surface area contributed by atoms with E-state index < -0.39 is 11.9 Å². The van der Waals surface area contributed by atoms with Crippen LogP contribution in [-0.4, -0.2) is 63.8 Å². The van der Waals surface area contributed by atoms with E-state index in [-0.39, 0.29) is 29.4 Å². The Hall–Kier alpha value is -3.39. The van der Waals surface area contributed by atoms with E-state index in [4.69, 9.17) is 18.9 Å². The van der Waals surface area contributed by atoms with E-state index in [9.17, 15) is 14.4 Å². The predicted octanol–water partition coefficient (Wildman–Crippen LogP) is 2.31. The standard InChI is InChI=1S/C22H25NO7/c1-27-10-9-23(14-16-7-5-4-6-8-16)20(24)15-30-19-12-17(21(25)28-2)11-18(13-19)22(26)29-3/h4-8,11-13H,9-10,14-15H2,1-3H3. The summed E-state index contributed by atoms with van der Waals surface area (Å²) >= 11 is 0. The molecule has 0 spiro atoms. The van der Waals surface area contributed by atoms with Crippen LogP contribution in [0.15, 0.2) is 48.5 Å². The molecular weight excluding hydrogens is 390 g/mol. The number of hydrogen-bond donors (Lipinski definition) is 0. The molecular formula is C22H25NO7. The van der Waals surface area contributed by atoms with Gasteiger partial charge in [0, 0.05) is 20.2 Å². The summed E-state index contributed by atoms with van der Waals surface area (Å²) in [6.45, 7) is 0.899. The molecule has 0 N–H and O–H groups in total. The summed E-state index contributed by atoms with van der Waals surface area (Å²) in [6.07, 6.45) is 0. The molecule has 2 aromatic carbocycles. The molecule has 0 saturated carbocycles. The Bertz CT molecular complexity index is 833. The molecule has 0 atom stereocenters. The zero-order chi connectivity index (χ0) is 21.9. The predicted molar refractivity (Wildman–Crippen MR) is 108 cm³/mol. The molecule has 1 amide bonds. The lowest BCUT2D eigenvalue weighted by molar-refractivity contribution is -0.134. The minimum Gasteiger partial charge on any atom is -0.484 e. The average molecular weight is 415 g/mol. The van der Waals surface area contributed by atoms with Gasteiger partial charge in [-0.3, -0.25) is 4.79 Å². The molecule has 0 heterocycles. The van der Waals surface area contributed by atoms with Gasteiger partial charge in [0.05, 0.1) is 32.0 Å². The van der Waals surface area contributed by atoms with Crippen molar-refractivity contribution in [1.82, 2.24) is 4.90 Å². The molecule has 0 unspecified atom stereocenters. The van der Waals surface area contributed by atoms with Crippen molar-refractivity contribution in [2.75, 3.05) is 41.1 Å². The first-order valence-electron chi connectivity index (χ1n) is 9.23. The summed E-state index contributed by atoms with van der Waals surface area (Å²) in [4.78, 5) is 38.1. The van der Waals surface area contributed by atoms with Crippen LogP contribution >= 0.6 is 0 Å². The molecule has 2 rings (SSSR count). The highest BCUT2D eigenvalue weighted by Crippen LogP contribution is 2.19. The SMILES string of the molecule is COCCN(Cc1ccccc1)C(=O)COc1cc(C(=O)OC)cc(C(=O)OC)c1. The van der Waals surface area contributed by atoms with Crippen molar-refractivity contribution in [1.29, 1.82) is 0 Å². The first-order chi connectivity index (χ1) is 14.5. The van der Waals surface area contributed by atoms with Crippen LogP contribution in [0.25, 0.3) is 0 Å². The first-order valence-corrected chi connectivity index (χ1v) is 9.23. The Morgan fingerprint density at radius 3 is 2.00 bits per heavy atom. The van der Waals surface area contributed by atoms with Crippen molar-refractivity contribution in [2.24, 2.45) is 0 Å². The summed E-state index contributed by atoms with van der Waals surface area (Å²) in [5, 5.41) is 0. The van der Waals surface area contributed by atoms with Gasteiger partial charge in [-0.1, -0.05) is 30.3 Å². The summed E-state index contributed by atoms with van der Waals surface area (Å²) < 4.78 is 20.1. The number of nitrogens with zero attached hydrogens (tertiary/aromatic N) is 1. The van der Waals surface area contributed by atoms with E-state index in [0.29, 0.717) is 19.7 Å². The van der Waals surface area contributed by atoms with Crippen molar-refractivity contribution in [3.05, 3.63) is 65.2 Å². The van der Waals surface area contributed by atoms with Crippen molar-refractivity contribution in [2.45, 2.75) is 6.54 Å². The minimum atomic E-state index is -0.636. The third kappa shape index (κ3) is 6.59. The molecule has 8 nitrogen and oxygen atoms in total. The number of benzene rings is 2. The summed E-state index contributed by atoms with van der Waals surface area (Å²) in [6, 6.07) is 13.7. The topological polar surface area (TPSA) is 91.4 Å². The van der Waals surface area contributed by atoms with Gasteiger partial charge in [0.1, 0.15) is 5.75 Å². The molecule has 160 valence electrons. The molecule has 2 aromatic rings. The molecule has 8 heteroatoms. The van der Waals surface area contributed by atoms with Gasteiger partial charge in [0.2, 0.25) is 0 Å². The first kappa shape index (κ1) is 22.9. The number of carbonyl (C=O) groups excluding carboxylic acids is 3. The molecule has 0 aliphatic heterocycles. The minimum absolute atomic E-state index is 0.114. The second-order valence-electron chi connectivity index (χ2n) is 6.31. The zero-order valence-corrected chi connectivity index (χ0v) is 17.3. The van der Waals surface area contributed by atoms with Gasteiger partial charge in [-0.05, 0) is 23.8 Å². The largest absolute Gasteiger partial charge is 0.484 e. The van der Waals surface area contributed by atoms with E-state index in [0.717, 1.165) is 5.56 Å². The third-order valence-electron chi connectivity index (χ3n) is 4.25. The number of carbonyl (C=O) groups is 3. The van der Waals surface area contributed by atoms with Gasteiger partial charge in [0.15, 0.2) is 6.61 Å². The molecule has 0 saturated heterocycles. The smallest absolute Gasteiger partial charge is 0.338 e. The van der Waals surface area contributed by atoms with E-state index in [1.54, 1.807) is 12.0 Å². The van der Waals surface area contributed by atoms with E-state index in [1.807, 2.05) is 30.3 Å². The molecule has 30 heavy (non-hydrogen) atoms. The van der Waals surface area contributed by atoms with Crippen LogP contribution in [0.3, 0.4) is 0 Å². The maximum Gasteiger partial charge on any atom is 0.338 e. The van der Waals surface area contributed by atoms with Crippen molar-refractivity contribution >= 4 is 17.8 Å². The number of hydrogen-bond acceptors (Lipinski definition) is 7. The zero-order valence-electron chi connectivity index (χ0n) is 17.3. The van der Waals surface area contributed by atoms with Crippen LogP contribution in [0.2, 0.25) is 0 Å². The van der Waals surface area contributed by atoms with Gasteiger partial charge in [-0.15, -0.1) is 0 Å². The van der Waals surface area contributed by atoms with Gasteiger partial charge >= 0.3 is 11.9 Å². The number of ether oxygens (including phenoxy) is 4. The van der Waals surface area contributed by atoms with Crippen molar-refractivity contribution < 1.29 is 33.3 Å². The molecule has 0 bridgehead atoms. The fourth-order valence-electron chi connectivity index (χ4n) is 2.69. The second-order valence-corrected chi connectivity index (χ2v) is 6.31. The summed E-state index contributed by atoms with van der Waals surface area (Å²) in [5.74, 6) is -1.36. The van der Waals surface area contributed by atoms with Gasteiger partial charge < -0.3 is 23.8 Å². The van der Waals surface area contributed by atoms with Crippen LogP contribution in [0.4, 0.5) is 0 Å². The van der Waals surface area contributed by atoms with Gasteiger partial charge in [0.25, 0.3) is 5.91 Å². The lowest BCUT2D eigenvalue weighted by Gasteiger charge is -2.22. The van der Waals surface area contributed by atoms with E-state index in [1.165, 1.54) is 32.4 Å². The highest BCUT2D eigenvalue weighted by Gasteiger charge is 2.18. The van der Waals surface area contributed by atoms with Crippen LogP contribution in [0.1, 0.15) is 26.3 Å². The summed E-state index contributed by atoms with van der Waals surface area (Å²) in [7, 11) is 4.03. The normalized spacial score (nSPS) is 10.2. The second kappa shape index (κ2) is 11.6. The average Bonchev–Trinajstić information content (AvgIpc) is 2.79. The molecule has 0 radical (unpaired) electrons. The number of esters is 2. The lowest BCUT2D eigenvalue weighted by Crippen LogP contribution is -2.36. The third-order valence-corrected chi connectivity index (χ3v) is 4.25. The monoisotopic (exact) mass is 415 g/mol. The Morgan fingerprint density at radius 1 is 0.867 bits per heavy atom. The number of rotatable bonds is 10. The maximum absolute atomic E-state index is 12.7. The van der Waals surface area contributed by atoms with Crippen molar-refractivity contribution in [3.63, 3.8) is 0 Å². The fourth-order valence-corrected chi connectivity index (χ4v) is 2.69. The Kier molecular flexibility index (Phi) is 8.83.